The molecule has 0 aromatic rings. The predicted molar refractivity (Wildman–Crippen MR) is 353 cm³/mol. The molecule has 14 aliphatic carbocycles. The molecule has 552 valence electrons. The summed E-state index contributed by atoms with van der Waals surface area (Å²) in [4.78, 5) is 61.2. The van der Waals surface area contributed by atoms with Gasteiger partial charge in [0.25, 0.3) is 5.60 Å². The summed E-state index contributed by atoms with van der Waals surface area (Å²) >= 11 is 0. The number of rotatable bonds is 15. The lowest BCUT2D eigenvalue weighted by Gasteiger charge is -2.59. The molecule has 13 nitrogen and oxygen atoms in total. The van der Waals surface area contributed by atoms with Crippen molar-refractivity contribution >= 4 is 29.8 Å². The van der Waals surface area contributed by atoms with Gasteiger partial charge in [0.1, 0.15) is 28.5 Å². The van der Waals surface area contributed by atoms with Crippen LogP contribution in [0.3, 0.4) is 0 Å². The van der Waals surface area contributed by atoms with Crippen LogP contribution in [-0.4, -0.2) is 103 Å². The van der Waals surface area contributed by atoms with Crippen molar-refractivity contribution in [3.8, 4) is 0 Å². The van der Waals surface area contributed by atoms with E-state index in [1.165, 1.54) is 38.5 Å². The van der Waals surface area contributed by atoms with Crippen LogP contribution in [0.1, 0.15) is 292 Å². The lowest BCUT2D eigenvalue weighted by Crippen LogP contribution is -2.61. The molecule has 0 radical (unpaired) electrons. The SMILES string of the molecule is CC1C2CC(C(=O)OC(C)(C)C)C(C2)C1C.CCC(C)(C)C(=O)OC1(C)CC2CCC1C2.CCC(C)(C)C(=O)OC12CC3CC(CC(O)(C3)C1)C2.CCC(C)(C)C(=O)OC12CC3CC(CC(O)(C3)C1)C2.CCC(C)(C)C(=O)OC1CC2CC(CC(O)(C(F)(F)F)C(F)(F)F)C1C2. The van der Waals surface area contributed by atoms with E-state index in [0.29, 0.717) is 73.5 Å². The summed E-state index contributed by atoms with van der Waals surface area (Å²) in [5.41, 5.74) is -8.99. The normalized spacial score (nSPS) is 39.1. The number of ether oxygens (including phenoxy) is 5. The third kappa shape index (κ3) is 17.0. The highest BCUT2D eigenvalue weighted by Gasteiger charge is 2.72. The standard InChI is InChI=1S/C17H24F6O3.2C16H26O3.2C14H24O2/c1-4-14(2,3)13(24)26-12-7-9-5-10(11(12)6-9)8-15(25,16(18,19)20)17(21,22)23;2*1-4-14(2,3)13(17)19-16-8-11-5-12(9-16)7-15(18,6-11)10-16;1-8-9(2)11-6-10(8)7-12(11)13(15)16-14(3,4)5;1-5-13(2,3)12(15)16-14(4)9-10-6-7-11(14)8-10/h9-12,25H,4-8H2,1-3H3;2*11-12,18H,4-10H2,1-3H3;8-12H,6-7H2,1-5H3;10-11H,5-9H2,1-4H3. The average molecular weight is 1370 g/mol. The van der Waals surface area contributed by atoms with Crippen molar-refractivity contribution in [2.75, 3.05) is 0 Å². The summed E-state index contributed by atoms with van der Waals surface area (Å²) in [6, 6.07) is 0. The molecule has 0 aliphatic heterocycles. The summed E-state index contributed by atoms with van der Waals surface area (Å²) in [6.45, 7) is 35.6. The zero-order valence-electron chi connectivity index (χ0n) is 61.7. The molecule has 96 heavy (non-hydrogen) atoms. The second-order valence-corrected chi connectivity index (χ2v) is 37.5. The molecular formula is C77H124F6O13. The van der Waals surface area contributed by atoms with E-state index in [1.807, 2.05) is 83.1 Å². The topological polar surface area (TPSA) is 192 Å². The van der Waals surface area contributed by atoms with Crippen molar-refractivity contribution in [3.63, 3.8) is 0 Å². The van der Waals surface area contributed by atoms with E-state index in [2.05, 4.69) is 20.8 Å². The first-order valence-electron chi connectivity index (χ1n) is 37.3. The third-order valence-corrected chi connectivity index (χ3v) is 27.0. The Bertz CT molecular complexity index is 2660. The fraction of sp³-hybridized carbons (Fsp3) is 0.935. The van der Waals surface area contributed by atoms with Gasteiger partial charge in [0.15, 0.2) is 0 Å². The van der Waals surface area contributed by atoms with Crippen LogP contribution in [0.5, 0.6) is 0 Å². The van der Waals surface area contributed by atoms with Crippen LogP contribution in [0.2, 0.25) is 0 Å². The van der Waals surface area contributed by atoms with E-state index < -0.39 is 75.7 Å². The number of alkyl halides is 6. The lowest BCUT2D eigenvalue weighted by atomic mass is 9.52. The zero-order chi connectivity index (χ0) is 72.0. The van der Waals surface area contributed by atoms with Crippen LogP contribution < -0.4 is 0 Å². The predicted octanol–water partition coefficient (Wildman–Crippen LogP) is 17.5. The Hall–Kier alpha value is -3.19. The van der Waals surface area contributed by atoms with Crippen LogP contribution in [0.15, 0.2) is 0 Å². The van der Waals surface area contributed by atoms with E-state index in [1.54, 1.807) is 20.8 Å². The number of fused-ring (bicyclic) bond motifs is 6. The Balaban J connectivity index is 0.000000155. The monoisotopic (exact) mass is 1370 g/mol. The Morgan fingerprint density at radius 1 is 0.469 bits per heavy atom. The van der Waals surface area contributed by atoms with Gasteiger partial charge < -0.3 is 39.0 Å². The van der Waals surface area contributed by atoms with Gasteiger partial charge in [-0.1, -0.05) is 41.5 Å². The molecule has 0 amide bonds. The molecule has 19 heteroatoms. The maximum absolute atomic E-state index is 12.9. The molecule has 0 spiro atoms. The molecular weight excluding hydrogens is 1250 g/mol. The average Bonchev–Trinajstić information content (AvgIpc) is 1.50. The molecule has 3 N–H and O–H groups in total. The number of carbonyl (C=O) groups excluding carboxylic acids is 5. The molecule has 14 aliphatic rings. The van der Waals surface area contributed by atoms with E-state index >= 15 is 0 Å². The molecule has 0 heterocycles. The van der Waals surface area contributed by atoms with E-state index in [4.69, 9.17) is 23.7 Å². The Labute approximate surface area is 570 Å². The minimum absolute atomic E-state index is 0.00921. The van der Waals surface area contributed by atoms with Gasteiger partial charge in [0.2, 0.25) is 0 Å². The Morgan fingerprint density at radius 3 is 1.24 bits per heavy atom. The summed E-state index contributed by atoms with van der Waals surface area (Å²) in [5, 5.41) is 30.7. The van der Waals surface area contributed by atoms with Crippen molar-refractivity contribution in [2.24, 2.45) is 105 Å². The molecule has 0 saturated heterocycles. The maximum atomic E-state index is 12.9. The van der Waals surface area contributed by atoms with Gasteiger partial charge in [-0.25, -0.2) is 0 Å². The third-order valence-electron chi connectivity index (χ3n) is 27.0. The number of hydrogen-bond donors (Lipinski definition) is 3. The molecule has 14 fully saturated rings. The van der Waals surface area contributed by atoms with Crippen molar-refractivity contribution < 1.29 is 89.3 Å². The first-order valence-corrected chi connectivity index (χ1v) is 37.3. The summed E-state index contributed by atoms with van der Waals surface area (Å²) in [6.07, 6.45) is 8.76. The Morgan fingerprint density at radius 2 is 0.896 bits per heavy atom. The van der Waals surface area contributed by atoms with Gasteiger partial charge in [-0.2, -0.15) is 26.3 Å². The summed E-state index contributed by atoms with van der Waals surface area (Å²) in [7, 11) is 0. The molecule has 16 atom stereocenters. The second-order valence-electron chi connectivity index (χ2n) is 37.5. The van der Waals surface area contributed by atoms with E-state index in [9.17, 15) is 65.6 Å². The van der Waals surface area contributed by atoms with Gasteiger partial charge >= 0.3 is 42.2 Å². The molecule has 16 unspecified atom stereocenters. The maximum Gasteiger partial charge on any atom is 0.426 e. The highest BCUT2D eigenvalue weighted by Crippen LogP contribution is 2.62. The summed E-state index contributed by atoms with van der Waals surface area (Å²) in [5.74, 6) is 4.36. The minimum atomic E-state index is -5.82. The molecule has 14 saturated carbocycles. The van der Waals surface area contributed by atoms with Gasteiger partial charge in [0, 0.05) is 12.8 Å². The van der Waals surface area contributed by atoms with Crippen LogP contribution in [0.4, 0.5) is 26.3 Å². The Kier molecular flexibility index (Phi) is 22.5. The zero-order valence-corrected chi connectivity index (χ0v) is 61.7. The number of carbonyl (C=O) groups is 5. The van der Waals surface area contributed by atoms with Crippen molar-refractivity contribution in [2.45, 2.75) is 349 Å². The number of hydrogen-bond acceptors (Lipinski definition) is 13. The quantitative estimate of drug-likeness (QED) is 0.0798. The number of halogens is 6. The molecule has 14 rings (SSSR count). The summed E-state index contributed by atoms with van der Waals surface area (Å²) < 4.78 is 106. The second kappa shape index (κ2) is 27.5. The highest BCUT2D eigenvalue weighted by molar-refractivity contribution is 5.78. The first-order chi connectivity index (χ1) is 43.8. The lowest BCUT2D eigenvalue weighted by molar-refractivity contribution is -0.373. The van der Waals surface area contributed by atoms with Gasteiger partial charge in [-0.15, -0.1) is 0 Å². The van der Waals surface area contributed by atoms with Crippen molar-refractivity contribution in [3.05, 3.63) is 0 Å². The van der Waals surface area contributed by atoms with Crippen molar-refractivity contribution in [1.82, 2.24) is 0 Å². The van der Waals surface area contributed by atoms with Gasteiger partial charge in [0.05, 0.1) is 38.8 Å². The first kappa shape index (κ1) is 78.5. The van der Waals surface area contributed by atoms with Crippen molar-refractivity contribution in [1.29, 1.82) is 0 Å². The van der Waals surface area contributed by atoms with Crippen LogP contribution >= 0.6 is 0 Å². The highest BCUT2D eigenvalue weighted by atomic mass is 19.4. The molecule has 0 aromatic heterocycles. The van der Waals surface area contributed by atoms with Crippen LogP contribution in [0.25, 0.3) is 0 Å². The van der Waals surface area contributed by atoms with Gasteiger partial charge in [-0.05, 0) is 314 Å². The smallest absolute Gasteiger partial charge is 0.426 e. The fourth-order valence-electron chi connectivity index (χ4n) is 20.2. The van der Waals surface area contributed by atoms with Crippen LogP contribution in [0, 0.1) is 105 Å². The fourth-order valence-corrected chi connectivity index (χ4v) is 20.2. The number of aliphatic hydroxyl groups is 3. The van der Waals surface area contributed by atoms with Crippen LogP contribution in [-0.2, 0) is 47.7 Å². The van der Waals surface area contributed by atoms with E-state index in [0.717, 1.165) is 101 Å². The van der Waals surface area contributed by atoms with E-state index in [-0.39, 0.29) is 70.0 Å². The largest absolute Gasteiger partial charge is 0.462 e. The molecule has 0 aromatic carbocycles. The van der Waals surface area contributed by atoms with Gasteiger partial charge in [-0.3, -0.25) is 24.0 Å². The minimum Gasteiger partial charge on any atom is -0.462 e. The number of esters is 5. The molecule has 14 bridgehead atoms.